The Balaban J connectivity index is 3.02. The van der Waals surface area contributed by atoms with Crippen LogP contribution in [-0.4, -0.2) is 17.5 Å². The lowest BCUT2D eigenvalue weighted by Gasteiger charge is -2.04. The van der Waals surface area contributed by atoms with Crippen LogP contribution in [0.3, 0.4) is 0 Å². The smallest absolute Gasteiger partial charge is 0.267 e. The van der Waals surface area contributed by atoms with Gasteiger partial charge in [0.15, 0.2) is 0 Å². The zero-order valence-electron chi connectivity index (χ0n) is 7.29. The molecule has 0 fully saturated rings. The van der Waals surface area contributed by atoms with Crippen molar-refractivity contribution in [1.82, 2.24) is 9.88 Å². The van der Waals surface area contributed by atoms with Gasteiger partial charge in [0.1, 0.15) is 5.69 Å². The van der Waals surface area contributed by atoms with E-state index in [9.17, 15) is 4.79 Å². The third-order valence-electron chi connectivity index (χ3n) is 1.89. The number of carbonyl (C=O) groups excluding carboxylic acids is 1. The van der Waals surface area contributed by atoms with Crippen molar-refractivity contribution in [2.45, 2.75) is 6.54 Å². The number of aromatic nitrogens is 1. The molecule has 0 aliphatic carbocycles. The molecule has 0 radical (unpaired) electrons. The van der Waals surface area contributed by atoms with Crippen LogP contribution in [0.4, 0.5) is 0 Å². The van der Waals surface area contributed by atoms with E-state index in [1.165, 1.54) is 0 Å². The summed E-state index contributed by atoms with van der Waals surface area (Å²) in [5, 5.41) is 2.56. The van der Waals surface area contributed by atoms with Crippen LogP contribution in [0.2, 0.25) is 0 Å². The Bertz CT molecular complexity index is 290. The van der Waals surface area contributed by atoms with Crippen molar-refractivity contribution in [1.29, 1.82) is 0 Å². The maximum absolute atomic E-state index is 11.2. The van der Waals surface area contributed by atoms with Crippen molar-refractivity contribution >= 4 is 5.91 Å². The highest BCUT2D eigenvalue weighted by Gasteiger charge is 2.08. The van der Waals surface area contributed by atoms with Gasteiger partial charge in [-0.1, -0.05) is 0 Å². The highest BCUT2D eigenvalue weighted by atomic mass is 16.1. The molecule has 4 nitrogen and oxygen atoms in total. The molecule has 1 heterocycles. The summed E-state index contributed by atoms with van der Waals surface area (Å²) in [6, 6.07) is 3.62. The Morgan fingerprint density at radius 2 is 2.33 bits per heavy atom. The lowest BCUT2D eigenvalue weighted by atomic mass is 10.4. The standard InChI is InChI=1S/C8H13N3O/c1-10-8(12)7-4-3-6(5-9)11(7)2/h3-4H,5,9H2,1-2H3,(H,10,12). The molecule has 0 saturated heterocycles. The molecule has 0 aliphatic rings. The van der Waals surface area contributed by atoms with E-state index in [1.807, 2.05) is 13.1 Å². The number of amides is 1. The molecule has 0 saturated carbocycles. The van der Waals surface area contributed by atoms with E-state index in [4.69, 9.17) is 5.73 Å². The van der Waals surface area contributed by atoms with Crippen LogP contribution >= 0.6 is 0 Å². The minimum atomic E-state index is -0.0859. The summed E-state index contributed by atoms with van der Waals surface area (Å²) in [6.45, 7) is 0.452. The van der Waals surface area contributed by atoms with Crippen molar-refractivity contribution < 1.29 is 4.79 Å². The molecule has 1 amide bonds. The van der Waals surface area contributed by atoms with Crippen LogP contribution in [0.5, 0.6) is 0 Å². The van der Waals surface area contributed by atoms with E-state index in [2.05, 4.69) is 5.32 Å². The summed E-state index contributed by atoms with van der Waals surface area (Å²) >= 11 is 0. The van der Waals surface area contributed by atoms with Gasteiger partial charge in [0.05, 0.1) is 0 Å². The van der Waals surface area contributed by atoms with Gasteiger partial charge in [-0.25, -0.2) is 0 Å². The van der Waals surface area contributed by atoms with Gasteiger partial charge in [0.2, 0.25) is 0 Å². The third kappa shape index (κ3) is 1.33. The van der Waals surface area contributed by atoms with Crippen LogP contribution in [0.25, 0.3) is 0 Å². The second-order valence-electron chi connectivity index (χ2n) is 2.55. The highest BCUT2D eigenvalue weighted by Crippen LogP contribution is 2.05. The second kappa shape index (κ2) is 3.40. The van der Waals surface area contributed by atoms with Crippen molar-refractivity contribution in [2.24, 2.45) is 12.8 Å². The monoisotopic (exact) mass is 167 g/mol. The molecule has 0 atom stereocenters. The quantitative estimate of drug-likeness (QED) is 0.643. The zero-order valence-corrected chi connectivity index (χ0v) is 7.29. The first-order chi connectivity index (χ1) is 5.70. The average Bonchev–Trinajstić information content (AvgIpc) is 2.45. The molecule has 4 heteroatoms. The predicted octanol–water partition coefficient (Wildman–Crippen LogP) is -0.157. The molecule has 0 unspecified atom stereocenters. The lowest BCUT2D eigenvalue weighted by molar-refractivity contribution is 0.0955. The number of nitrogens with zero attached hydrogens (tertiary/aromatic N) is 1. The van der Waals surface area contributed by atoms with E-state index in [1.54, 1.807) is 17.7 Å². The molecule has 0 aromatic carbocycles. The predicted molar refractivity (Wildman–Crippen MR) is 46.7 cm³/mol. The second-order valence-corrected chi connectivity index (χ2v) is 2.55. The molecule has 0 bridgehead atoms. The first-order valence-electron chi connectivity index (χ1n) is 3.77. The minimum Gasteiger partial charge on any atom is -0.354 e. The van der Waals surface area contributed by atoms with Gasteiger partial charge in [-0.05, 0) is 12.1 Å². The number of carbonyl (C=O) groups is 1. The van der Waals surface area contributed by atoms with Gasteiger partial charge in [0.25, 0.3) is 5.91 Å². The van der Waals surface area contributed by atoms with E-state index in [0.29, 0.717) is 12.2 Å². The lowest BCUT2D eigenvalue weighted by Crippen LogP contribution is -2.21. The maximum Gasteiger partial charge on any atom is 0.267 e. The SMILES string of the molecule is CNC(=O)c1ccc(CN)n1C. The van der Waals surface area contributed by atoms with Gasteiger partial charge in [-0.15, -0.1) is 0 Å². The molecule has 1 aromatic rings. The van der Waals surface area contributed by atoms with Crippen LogP contribution in [0.15, 0.2) is 12.1 Å². The number of hydrogen-bond donors (Lipinski definition) is 2. The summed E-state index contributed by atoms with van der Waals surface area (Å²) < 4.78 is 1.79. The van der Waals surface area contributed by atoms with E-state index in [-0.39, 0.29) is 5.91 Å². The molecule has 0 aliphatic heterocycles. The number of nitrogens with two attached hydrogens (primary N) is 1. The summed E-state index contributed by atoms with van der Waals surface area (Å²) in [7, 11) is 3.43. The summed E-state index contributed by atoms with van der Waals surface area (Å²) in [5.74, 6) is -0.0859. The van der Waals surface area contributed by atoms with Gasteiger partial charge < -0.3 is 15.6 Å². The Kier molecular flexibility index (Phi) is 2.50. The molecular formula is C8H13N3O. The van der Waals surface area contributed by atoms with Crippen molar-refractivity contribution in [3.63, 3.8) is 0 Å². The average molecular weight is 167 g/mol. The molecule has 3 N–H and O–H groups in total. The summed E-state index contributed by atoms with van der Waals surface area (Å²) in [4.78, 5) is 11.2. The molecule has 12 heavy (non-hydrogen) atoms. The van der Waals surface area contributed by atoms with Gasteiger partial charge in [-0.2, -0.15) is 0 Å². The minimum absolute atomic E-state index is 0.0859. The fourth-order valence-electron chi connectivity index (χ4n) is 1.11. The molecule has 66 valence electrons. The normalized spacial score (nSPS) is 9.92. The summed E-state index contributed by atoms with van der Waals surface area (Å²) in [6.07, 6.45) is 0. The van der Waals surface area contributed by atoms with Gasteiger partial charge in [0, 0.05) is 26.3 Å². The number of rotatable bonds is 2. The van der Waals surface area contributed by atoms with Crippen LogP contribution in [-0.2, 0) is 13.6 Å². The highest BCUT2D eigenvalue weighted by molar-refractivity contribution is 5.92. The Labute approximate surface area is 71.4 Å². The van der Waals surface area contributed by atoms with Gasteiger partial charge >= 0.3 is 0 Å². The molecule has 1 aromatic heterocycles. The zero-order chi connectivity index (χ0) is 9.14. The Morgan fingerprint density at radius 1 is 1.67 bits per heavy atom. The third-order valence-corrected chi connectivity index (χ3v) is 1.89. The molecular weight excluding hydrogens is 154 g/mol. The van der Waals surface area contributed by atoms with Crippen LogP contribution in [0, 0.1) is 0 Å². The van der Waals surface area contributed by atoms with Crippen molar-refractivity contribution in [2.75, 3.05) is 7.05 Å². The Morgan fingerprint density at radius 3 is 2.75 bits per heavy atom. The Hall–Kier alpha value is -1.29. The fraction of sp³-hybridized carbons (Fsp3) is 0.375. The first-order valence-corrected chi connectivity index (χ1v) is 3.77. The van der Waals surface area contributed by atoms with Gasteiger partial charge in [-0.3, -0.25) is 4.79 Å². The van der Waals surface area contributed by atoms with E-state index >= 15 is 0 Å². The maximum atomic E-state index is 11.2. The molecule has 0 spiro atoms. The van der Waals surface area contributed by atoms with Crippen molar-refractivity contribution in [3.8, 4) is 0 Å². The molecule has 1 rings (SSSR count). The van der Waals surface area contributed by atoms with E-state index in [0.717, 1.165) is 5.69 Å². The number of hydrogen-bond acceptors (Lipinski definition) is 2. The largest absolute Gasteiger partial charge is 0.354 e. The first kappa shape index (κ1) is 8.80. The van der Waals surface area contributed by atoms with E-state index < -0.39 is 0 Å². The van der Waals surface area contributed by atoms with Crippen LogP contribution in [0.1, 0.15) is 16.2 Å². The fourth-order valence-corrected chi connectivity index (χ4v) is 1.11. The van der Waals surface area contributed by atoms with Crippen LogP contribution < -0.4 is 11.1 Å². The van der Waals surface area contributed by atoms with Crippen molar-refractivity contribution in [3.05, 3.63) is 23.5 Å². The topological polar surface area (TPSA) is 60.1 Å². The number of nitrogens with one attached hydrogen (secondary N) is 1. The summed E-state index contributed by atoms with van der Waals surface area (Å²) in [5.41, 5.74) is 7.04.